The van der Waals surface area contributed by atoms with Crippen molar-refractivity contribution in [3.8, 4) is 0 Å². The van der Waals surface area contributed by atoms with E-state index in [0.29, 0.717) is 32.6 Å². The molecule has 24 heavy (non-hydrogen) atoms. The molecule has 0 atom stereocenters. The Morgan fingerprint density at radius 3 is 2.04 bits per heavy atom. The zero-order valence-electron chi connectivity index (χ0n) is 12.2. The van der Waals surface area contributed by atoms with E-state index in [1.165, 1.54) is 4.90 Å². The van der Waals surface area contributed by atoms with Crippen LogP contribution >= 0.6 is 23.2 Å². The molecular formula is C18H10Cl2N2O2. The van der Waals surface area contributed by atoms with E-state index < -0.39 is 0 Å². The van der Waals surface area contributed by atoms with Crippen LogP contribution in [0.4, 0.5) is 5.69 Å². The Morgan fingerprint density at radius 1 is 0.833 bits per heavy atom. The van der Waals surface area contributed by atoms with Crippen LogP contribution in [0.5, 0.6) is 0 Å². The first-order chi connectivity index (χ1) is 11.5. The minimum Gasteiger partial charge on any atom is -0.321 e. The molecule has 2 aliphatic rings. The first kappa shape index (κ1) is 15.0. The number of anilines is 1. The van der Waals surface area contributed by atoms with E-state index >= 15 is 0 Å². The van der Waals surface area contributed by atoms with E-state index in [9.17, 15) is 9.59 Å². The first-order valence-electron chi connectivity index (χ1n) is 7.17. The van der Waals surface area contributed by atoms with Crippen molar-refractivity contribution in [3.05, 3.63) is 81.5 Å². The third-order valence-corrected chi connectivity index (χ3v) is 4.44. The van der Waals surface area contributed by atoms with Gasteiger partial charge in [0.25, 0.3) is 11.8 Å². The van der Waals surface area contributed by atoms with Gasteiger partial charge in [0, 0.05) is 21.9 Å². The Bertz CT molecular complexity index is 928. The fourth-order valence-corrected chi connectivity index (χ4v) is 3.02. The average molecular weight is 357 g/mol. The lowest BCUT2D eigenvalue weighted by Gasteiger charge is -2.15. The van der Waals surface area contributed by atoms with Crippen molar-refractivity contribution in [3.63, 3.8) is 0 Å². The minimum atomic E-state index is -0.292. The monoisotopic (exact) mass is 356 g/mol. The molecule has 4 nitrogen and oxygen atoms in total. The van der Waals surface area contributed by atoms with Crippen LogP contribution in [0.25, 0.3) is 5.70 Å². The lowest BCUT2D eigenvalue weighted by molar-refractivity contribution is -0.116. The molecule has 0 aromatic heterocycles. The van der Waals surface area contributed by atoms with Crippen molar-refractivity contribution in [2.75, 3.05) is 4.90 Å². The van der Waals surface area contributed by atoms with Gasteiger partial charge < -0.3 is 5.32 Å². The molecule has 2 aromatic carbocycles. The highest BCUT2D eigenvalue weighted by molar-refractivity contribution is 6.32. The number of benzene rings is 2. The second kappa shape index (κ2) is 5.51. The summed E-state index contributed by atoms with van der Waals surface area (Å²) in [5, 5.41) is 3.93. The minimum absolute atomic E-state index is 0.254. The Labute approximate surface area is 148 Å². The first-order valence-corrected chi connectivity index (χ1v) is 7.93. The second-order valence-corrected chi connectivity index (χ2v) is 6.28. The predicted molar refractivity (Wildman–Crippen MR) is 93.5 cm³/mol. The number of carbonyl (C=O) groups excluding carboxylic acids is 2. The number of fused-ring (bicyclic) bond motifs is 1. The van der Waals surface area contributed by atoms with Gasteiger partial charge in [-0.05, 0) is 42.0 Å². The molecule has 0 spiro atoms. The van der Waals surface area contributed by atoms with Crippen LogP contribution in [0.3, 0.4) is 0 Å². The Morgan fingerprint density at radius 2 is 1.42 bits per heavy atom. The van der Waals surface area contributed by atoms with Gasteiger partial charge in [0.15, 0.2) is 0 Å². The molecule has 4 rings (SSSR count). The number of rotatable bonds is 2. The zero-order chi connectivity index (χ0) is 16.8. The van der Waals surface area contributed by atoms with E-state index in [-0.39, 0.29) is 11.8 Å². The van der Waals surface area contributed by atoms with Crippen LogP contribution in [0.2, 0.25) is 10.0 Å². The van der Waals surface area contributed by atoms with Crippen LogP contribution in [-0.2, 0) is 9.59 Å². The highest BCUT2D eigenvalue weighted by atomic mass is 35.5. The molecule has 0 unspecified atom stereocenters. The number of amides is 2. The van der Waals surface area contributed by atoms with Crippen molar-refractivity contribution in [2.45, 2.75) is 0 Å². The normalized spacial score (nSPS) is 16.4. The standard InChI is InChI=1S/C18H10Cl2N2O2/c19-11-3-1-10(2-4-11)16-15-14(17(23)21-16)9-22(18(15)24)13-7-5-12(20)6-8-13/h1-9H,(H,21,23). The number of nitrogens with one attached hydrogen (secondary N) is 1. The lowest BCUT2D eigenvalue weighted by atomic mass is 10.1. The van der Waals surface area contributed by atoms with Crippen LogP contribution in [0.15, 0.2) is 65.9 Å². The number of nitrogens with zero attached hydrogens (tertiary/aromatic N) is 1. The van der Waals surface area contributed by atoms with Crippen molar-refractivity contribution < 1.29 is 9.59 Å². The Hall–Kier alpha value is -2.56. The molecular weight excluding hydrogens is 347 g/mol. The van der Waals surface area contributed by atoms with Gasteiger partial charge in [-0.15, -0.1) is 0 Å². The smallest absolute Gasteiger partial charge is 0.265 e. The number of carbonyl (C=O) groups is 2. The van der Waals surface area contributed by atoms with Gasteiger partial charge in [-0.3, -0.25) is 14.5 Å². The molecule has 118 valence electrons. The molecule has 2 heterocycles. The molecule has 0 radical (unpaired) electrons. The second-order valence-electron chi connectivity index (χ2n) is 5.41. The number of hydrogen-bond acceptors (Lipinski definition) is 2. The Kier molecular flexibility index (Phi) is 3.44. The quantitative estimate of drug-likeness (QED) is 0.890. The van der Waals surface area contributed by atoms with Crippen molar-refractivity contribution in [1.29, 1.82) is 0 Å². The summed E-state index contributed by atoms with van der Waals surface area (Å²) in [5.41, 5.74) is 2.63. The summed E-state index contributed by atoms with van der Waals surface area (Å²) in [6, 6.07) is 13.8. The lowest BCUT2D eigenvalue weighted by Crippen LogP contribution is -2.23. The molecule has 1 N–H and O–H groups in total. The highest BCUT2D eigenvalue weighted by Gasteiger charge is 2.40. The molecule has 0 aliphatic carbocycles. The third kappa shape index (κ3) is 2.31. The SMILES string of the molecule is O=C1NC(c2ccc(Cl)cc2)=C2C(=O)N(c3ccc(Cl)cc3)C=C12. The van der Waals surface area contributed by atoms with Crippen LogP contribution in [-0.4, -0.2) is 11.8 Å². The van der Waals surface area contributed by atoms with Crippen molar-refractivity contribution in [2.24, 2.45) is 0 Å². The fraction of sp³-hybridized carbons (Fsp3) is 0. The van der Waals surface area contributed by atoms with E-state index in [1.807, 2.05) is 0 Å². The van der Waals surface area contributed by atoms with E-state index in [2.05, 4.69) is 5.32 Å². The van der Waals surface area contributed by atoms with Crippen LogP contribution in [0, 0.1) is 0 Å². The van der Waals surface area contributed by atoms with Crippen LogP contribution in [0.1, 0.15) is 5.56 Å². The van der Waals surface area contributed by atoms with Gasteiger partial charge in [-0.25, -0.2) is 0 Å². The molecule has 0 saturated heterocycles. The van der Waals surface area contributed by atoms with E-state index in [4.69, 9.17) is 23.2 Å². The number of halogens is 2. The topological polar surface area (TPSA) is 49.4 Å². The highest BCUT2D eigenvalue weighted by Crippen LogP contribution is 2.37. The molecule has 0 saturated carbocycles. The molecule has 6 heteroatoms. The zero-order valence-corrected chi connectivity index (χ0v) is 13.7. The summed E-state index contributed by atoms with van der Waals surface area (Å²) in [6.07, 6.45) is 1.55. The molecule has 2 aromatic rings. The van der Waals surface area contributed by atoms with Gasteiger partial charge in [0.05, 0.1) is 16.8 Å². The maximum absolute atomic E-state index is 12.8. The summed E-state index contributed by atoms with van der Waals surface area (Å²) in [5.74, 6) is -0.546. The van der Waals surface area contributed by atoms with Gasteiger partial charge in [-0.1, -0.05) is 35.3 Å². The summed E-state index contributed by atoms with van der Waals surface area (Å²) in [7, 11) is 0. The number of hydrogen-bond donors (Lipinski definition) is 1. The summed E-state index contributed by atoms with van der Waals surface area (Å²) in [6.45, 7) is 0. The summed E-state index contributed by atoms with van der Waals surface area (Å²) < 4.78 is 0. The largest absolute Gasteiger partial charge is 0.321 e. The maximum atomic E-state index is 12.8. The third-order valence-electron chi connectivity index (χ3n) is 3.93. The van der Waals surface area contributed by atoms with Gasteiger partial charge in [0.1, 0.15) is 0 Å². The van der Waals surface area contributed by atoms with Gasteiger partial charge >= 0.3 is 0 Å². The predicted octanol–water partition coefficient (Wildman–Crippen LogP) is 3.77. The summed E-state index contributed by atoms with van der Waals surface area (Å²) >= 11 is 11.8. The molecule has 2 aliphatic heterocycles. The van der Waals surface area contributed by atoms with E-state index in [1.54, 1.807) is 54.7 Å². The Balaban J connectivity index is 1.79. The summed E-state index contributed by atoms with van der Waals surface area (Å²) in [4.78, 5) is 26.5. The van der Waals surface area contributed by atoms with Crippen LogP contribution < -0.4 is 10.2 Å². The van der Waals surface area contributed by atoms with Crippen molar-refractivity contribution >= 4 is 46.4 Å². The van der Waals surface area contributed by atoms with Gasteiger partial charge in [0.2, 0.25) is 0 Å². The molecule has 0 bridgehead atoms. The van der Waals surface area contributed by atoms with E-state index in [0.717, 1.165) is 5.56 Å². The van der Waals surface area contributed by atoms with Crippen molar-refractivity contribution in [1.82, 2.24) is 5.32 Å². The van der Waals surface area contributed by atoms with Gasteiger partial charge in [-0.2, -0.15) is 0 Å². The maximum Gasteiger partial charge on any atom is 0.265 e. The average Bonchev–Trinajstić information content (AvgIpc) is 3.08. The fourth-order valence-electron chi connectivity index (χ4n) is 2.77. The molecule has 2 amide bonds. The molecule has 0 fully saturated rings.